The van der Waals surface area contributed by atoms with Crippen molar-refractivity contribution in [2.24, 2.45) is 17.8 Å². The smallest absolute Gasteiger partial charge is 0.257 e. The van der Waals surface area contributed by atoms with Crippen LogP contribution >= 0.6 is 11.3 Å². The molecule has 2 aromatic rings. The third-order valence-electron chi connectivity index (χ3n) is 6.76. The first-order chi connectivity index (χ1) is 13.8. The quantitative estimate of drug-likeness (QED) is 0.741. The van der Waals surface area contributed by atoms with Crippen molar-refractivity contribution >= 4 is 38.1 Å². The molecule has 0 atom stereocenters. The number of carbonyl (C=O) groups excluding carboxylic acids is 1. The minimum absolute atomic E-state index is 0.229. The molecular weight excluding hydrogens is 406 g/mol. The summed E-state index contributed by atoms with van der Waals surface area (Å²) in [6.45, 7) is 0. The normalized spacial score (nSPS) is 30.3. The van der Waals surface area contributed by atoms with E-state index in [1.807, 2.05) is 0 Å². The summed E-state index contributed by atoms with van der Waals surface area (Å²) in [5.74, 6) is 2.35. The van der Waals surface area contributed by atoms with Gasteiger partial charge in [0.05, 0.1) is 11.9 Å². The topological polar surface area (TPSA) is 88.2 Å². The van der Waals surface area contributed by atoms with E-state index in [0.29, 0.717) is 16.4 Å². The standard InChI is InChI=1S/C21H25N3O3S2/c1-29(26,27)24-17-4-2-16(3-5-17)19(25)23-20-22-18(12-28-20)21-9-13-6-14(10-21)8-15(7-13)11-21/h2-5,12-15,24H,6-11H2,1H3,(H,22,23,25). The number of anilines is 2. The number of thiazole rings is 1. The van der Waals surface area contributed by atoms with Crippen molar-refractivity contribution in [3.05, 3.63) is 40.9 Å². The van der Waals surface area contributed by atoms with Crippen molar-refractivity contribution in [1.82, 2.24) is 4.98 Å². The Hall–Kier alpha value is -1.93. The van der Waals surface area contributed by atoms with Crippen LogP contribution in [-0.4, -0.2) is 25.6 Å². The highest BCUT2D eigenvalue weighted by atomic mass is 32.2. The van der Waals surface area contributed by atoms with Gasteiger partial charge in [-0.05, 0) is 80.5 Å². The number of nitrogens with zero attached hydrogens (tertiary/aromatic N) is 1. The predicted octanol–water partition coefficient (Wildman–Crippen LogP) is 4.23. The molecule has 1 heterocycles. The first kappa shape index (κ1) is 19.1. The maximum absolute atomic E-state index is 12.6. The molecule has 0 radical (unpaired) electrons. The van der Waals surface area contributed by atoms with E-state index in [1.165, 1.54) is 55.6 Å². The first-order valence-electron chi connectivity index (χ1n) is 10.1. The van der Waals surface area contributed by atoms with Crippen molar-refractivity contribution < 1.29 is 13.2 Å². The highest BCUT2D eigenvalue weighted by molar-refractivity contribution is 7.92. The molecule has 0 aliphatic heterocycles. The second-order valence-corrected chi connectivity index (χ2v) is 11.7. The Morgan fingerprint density at radius 2 is 1.66 bits per heavy atom. The Bertz CT molecular complexity index is 1010. The van der Waals surface area contributed by atoms with Crippen LogP contribution < -0.4 is 10.0 Å². The van der Waals surface area contributed by atoms with Crippen LogP contribution in [0.5, 0.6) is 0 Å². The van der Waals surface area contributed by atoms with Gasteiger partial charge in [0.25, 0.3) is 5.91 Å². The van der Waals surface area contributed by atoms with Gasteiger partial charge in [0.2, 0.25) is 10.0 Å². The Balaban J connectivity index is 1.29. The summed E-state index contributed by atoms with van der Waals surface area (Å²) >= 11 is 1.50. The van der Waals surface area contributed by atoms with Crippen molar-refractivity contribution in [3.63, 3.8) is 0 Å². The molecule has 1 aromatic carbocycles. The molecule has 4 fully saturated rings. The zero-order chi connectivity index (χ0) is 20.2. The summed E-state index contributed by atoms with van der Waals surface area (Å²) < 4.78 is 25.0. The lowest BCUT2D eigenvalue weighted by Crippen LogP contribution is -2.48. The molecule has 4 bridgehead atoms. The maximum Gasteiger partial charge on any atom is 0.257 e. The van der Waals surface area contributed by atoms with E-state index < -0.39 is 10.0 Å². The molecule has 154 valence electrons. The van der Waals surface area contributed by atoms with Crippen LogP contribution in [0.2, 0.25) is 0 Å². The van der Waals surface area contributed by atoms with E-state index in [4.69, 9.17) is 4.98 Å². The minimum atomic E-state index is -3.33. The molecule has 6 rings (SSSR count). The molecule has 6 nitrogen and oxygen atoms in total. The second kappa shape index (κ2) is 6.80. The van der Waals surface area contributed by atoms with Crippen molar-refractivity contribution in [2.45, 2.75) is 43.9 Å². The molecule has 4 aliphatic carbocycles. The van der Waals surface area contributed by atoms with Gasteiger partial charge < -0.3 is 0 Å². The number of rotatable bonds is 5. The molecule has 0 spiro atoms. The number of benzene rings is 1. The van der Waals surface area contributed by atoms with E-state index in [1.54, 1.807) is 24.3 Å². The fourth-order valence-corrected chi connectivity index (χ4v) is 7.46. The predicted molar refractivity (Wildman–Crippen MR) is 115 cm³/mol. The molecular formula is C21H25N3O3S2. The van der Waals surface area contributed by atoms with Crippen molar-refractivity contribution in [3.8, 4) is 0 Å². The lowest BCUT2D eigenvalue weighted by molar-refractivity contribution is -0.00688. The highest BCUT2D eigenvalue weighted by Gasteiger charge is 2.52. The lowest BCUT2D eigenvalue weighted by Gasteiger charge is -2.56. The van der Waals surface area contributed by atoms with Crippen LogP contribution in [0.15, 0.2) is 29.6 Å². The molecule has 1 amide bonds. The van der Waals surface area contributed by atoms with Gasteiger partial charge in [-0.25, -0.2) is 13.4 Å². The molecule has 4 saturated carbocycles. The lowest BCUT2D eigenvalue weighted by atomic mass is 9.49. The second-order valence-electron chi connectivity index (χ2n) is 9.14. The number of carbonyl (C=O) groups is 1. The molecule has 2 N–H and O–H groups in total. The van der Waals surface area contributed by atoms with Gasteiger partial charge in [-0.2, -0.15) is 0 Å². The zero-order valence-electron chi connectivity index (χ0n) is 16.3. The average Bonchev–Trinajstić information content (AvgIpc) is 3.09. The highest BCUT2D eigenvalue weighted by Crippen LogP contribution is 2.60. The van der Waals surface area contributed by atoms with Gasteiger partial charge in [-0.3, -0.25) is 14.8 Å². The number of amides is 1. The van der Waals surface area contributed by atoms with E-state index in [0.717, 1.165) is 24.0 Å². The van der Waals surface area contributed by atoms with E-state index in [-0.39, 0.29) is 11.3 Å². The Morgan fingerprint density at radius 1 is 1.07 bits per heavy atom. The van der Waals surface area contributed by atoms with E-state index in [9.17, 15) is 13.2 Å². The first-order valence-corrected chi connectivity index (χ1v) is 12.9. The molecule has 1 aromatic heterocycles. The molecule has 29 heavy (non-hydrogen) atoms. The molecule has 0 saturated heterocycles. The van der Waals surface area contributed by atoms with Gasteiger partial charge in [-0.1, -0.05) is 0 Å². The number of aromatic nitrogens is 1. The third-order valence-corrected chi connectivity index (χ3v) is 8.12. The summed E-state index contributed by atoms with van der Waals surface area (Å²) in [4.78, 5) is 17.4. The number of hydrogen-bond donors (Lipinski definition) is 2. The van der Waals surface area contributed by atoms with Crippen LogP contribution in [0.1, 0.15) is 54.6 Å². The van der Waals surface area contributed by atoms with Crippen LogP contribution in [0.4, 0.5) is 10.8 Å². The van der Waals surface area contributed by atoms with Gasteiger partial charge in [0.1, 0.15) is 0 Å². The van der Waals surface area contributed by atoms with Gasteiger partial charge in [-0.15, -0.1) is 11.3 Å². The summed E-state index contributed by atoms with van der Waals surface area (Å²) in [5.41, 5.74) is 2.30. The SMILES string of the molecule is CS(=O)(=O)Nc1ccc(C(=O)Nc2nc(C34CC5CC(CC(C5)C3)C4)cs2)cc1. The fraction of sp³-hybridized carbons (Fsp3) is 0.524. The number of nitrogens with one attached hydrogen (secondary N) is 2. The van der Waals surface area contributed by atoms with E-state index >= 15 is 0 Å². The fourth-order valence-electron chi connectivity index (χ4n) is 6.07. The van der Waals surface area contributed by atoms with Crippen LogP contribution in [0.25, 0.3) is 0 Å². The maximum atomic E-state index is 12.6. The van der Waals surface area contributed by atoms with E-state index in [2.05, 4.69) is 15.4 Å². The Morgan fingerprint density at radius 3 is 2.21 bits per heavy atom. The molecule has 8 heteroatoms. The Kier molecular flexibility index (Phi) is 4.47. The monoisotopic (exact) mass is 431 g/mol. The zero-order valence-corrected chi connectivity index (χ0v) is 18.0. The minimum Gasteiger partial charge on any atom is -0.298 e. The largest absolute Gasteiger partial charge is 0.298 e. The van der Waals surface area contributed by atoms with Crippen LogP contribution in [0.3, 0.4) is 0 Å². The molecule has 4 aliphatic rings. The average molecular weight is 432 g/mol. The third kappa shape index (κ3) is 3.80. The number of sulfonamides is 1. The number of hydrogen-bond acceptors (Lipinski definition) is 5. The van der Waals surface area contributed by atoms with Gasteiger partial charge in [0, 0.05) is 22.0 Å². The summed E-state index contributed by atoms with van der Waals surface area (Å²) in [6, 6.07) is 6.38. The van der Waals surface area contributed by atoms with Crippen molar-refractivity contribution in [1.29, 1.82) is 0 Å². The van der Waals surface area contributed by atoms with Gasteiger partial charge >= 0.3 is 0 Å². The van der Waals surface area contributed by atoms with Crippen molar-refractivity contribution in [2.75, 3.05) is 16.3 Å². The summed E-state index contributed by atoms with van der Waals surface area (Å²) in [6.07, 6.45) is 9.06. The Labute approximate surface area is 175 Å². The van der Waals surface area contributed by atoms with Crippen LogP contribution in [0, 0.1) is 17.8 Å². The van der Waals surface area contributed by atoms with Gasteiger partial charge in [0.15, 0.2) is 5.13 Å². The summed E-state index contributed by atoms with van der Waals surface area (Å²) in [7, 11) is -3.33. The molecule has 0 unspecified atom stereocenters. The summed E-state index contributed by atoms with van der Waals surface area (Å²) in [5, 5.41) is 5.69. The van der Waals surface area contributed by atoms with Crippen LogP contribution in [-0.2, 0) is 15.4 Å².